The van der Waals surface area contributed by atoms with Crippen LogP contribution < -0.4 is 15.4 Å². The van der Waals surface area contributed by atoms with Crippen LogP contribution in [0.5, 0.6) is 5.75 Å². The standard InChI is InChI=1S/C21H26N2O4/c1-26-15-8-14-22-21(25)18-11-5-6-12-19(18)23-20(24)13-7-16-27-17-9-3-2-4-10-17/h2-6,9-12H,7-8,13-16H2,1H3,(H,22,25)(H,23,24). The van der Waals surface area contributed by atoms with Crippen LogP contribution >= 0.6 is 0 Å². The second kappa shape index (κ2) is 11.7. The molecule has 0 bridgehead atoms. The molecule has 0 saturated heterocycles. The molecule has 27 heavy (non-hydrogen) atoms. The number of hydrogen-bond donors (Lipinski definition) is 2. The predicted molar refractivity (Wildman–Crippen MR) is 105 cm³/mol. The highest BCUT2D eigenvalue weighted by atomic mass is 16.5. The van der Waals surface area contributed by atoms with Crippen LogP contribution in [0.3, 0.4) is 0 Å². The molecule has 0 unspecified atom stereocenters. The van der Waals surface area contributed by atoms with Gasteiger partial charge in [-0.2, -0.15) is 0 Å². The fraction of sp³-hybridized carbons (Fsp3) is 0.333. The van der Waals surface area contributed by atoms with Gasteiger partial charge in [-0.05, 0) is 37.1 Å². The van der Waals surface area contributed by atoms with Crippen LogP contribution in [0.15, 0.2) is 54.6 Å². The Balaban J connectivity index is 1.78. The summed E-state index contributed by atoms with van der Waals surface area (Å²) in [5.41, 5.74) is 0.958. The summed E-state index contributed by atoms with van der Waals surface area (Å²) in [7, 11) is 1.62. The van der Waals surface area contributed by atoms with Crippen LogP contribution in [0.2, 0.25) is 0 Å². The van der Waals surface area contributed by atoms with E-state index in [4.69, 9.17) is 9.47 Å². The molecule has 144 valence electrons. The molecule has 6 nitrogen and oxygen atoms in total. The molecular weight excluding hydrogens is 344 g/mol. The van der Waals surface area contributed by atoms with Crippen LogP contribution in [0.4, 0.5) is 5.69 Å². The molecule has 2 amide bonds. The molecule has 0 atom stereocenters. The first-order valence-electron chi connectivity index (χ1n) is 9.04. The topological polar surface area (TPSA) is 76.7 Å². The molecule has 0 fully saturated rings. The van der Waals surface area contributed by atoms with Crippen molar-refractivity contribution in [2.45, 2.75) is 19.3 Å². The third-order valence-corrected chi connectivity index (χ3v) is 3.82. The lowest BCUT2D eigenvalue weighted by Crippen LogP contribution is -2.26. The number of para-hydroxylation sites is 2. The van der Waals surface area contributed by atoms with E-state index in [0.29, 0.717) is 43.9 Å². The Bertz CT molecular complexity index is 719. The Morgan fingerprint density at radius 2 is 1.67 bits per heavy atom. The summed E-state index contributed by atoms with van der Waals surface area (Å²) in [6.07, 6.45) is 1.64. The third-order valence-electron chi connectivity index (χ3n) is 3.82. The van der Waals surface area contributed by atoms with Crippen molar-refractivity contribution in [1.82, 2.24) is 5.32 Å². The number of carbonyl (C=O) groups is 2. The van der Waals surface area contributed by atoms with Gasteiger partial charge in [0, 0.05) is 26.7 Å². The van der Waals surface area contributed by atoms with E-state index in [1.165, 1.54) is 0 Å². The molecule has 0 aromatic heterocycles. The lowest BCUT2D eigenvalue weighted by molar-refractivity contribution is -0.116. The van der Waals surface area contributed by atoms with Gasteiger partial charge in [-0.3, -0.25) is 9.59 Å². The van der Waals surface area contributed by atoms with Gasteiger partial charge >= 0.3 is 0 Å². The highest BCUT2D eigenvalue weighted by Gasteiger charge is 2.12. The van der Waals surface area contributed by atoms with Crippen molar-refractivity contribution in [3.05, 3.63) is 60.2 Å². The lowest BCUT2D eigenvalue weighted by atomic mass is 10.1. The van der Waals surface area contributed by atoms with Crippen molar-refractivity contribution in [1.29, 1.82) is 0 Å². The van der Waals surface area contributed by atoms with E-state index in [9.17, 15) is 9.59 Å². The van der Waals surface area contributed by atoms with Gasteiger partial charge in [0.1, 0.15) is 5.75 Å². The molecule has 0 radical (unpaired) electrons. The zero-order chi connectivity index (χ0) is 19.3. The molecule has 2 N–H and O–H groups in total. The molecule has 0 aliphatic rings. The fourth-order valence-corrected chi connectivity index (χ4v) is 2.46. The van der Waals surface area contributed by atoms with Crippen molar-refractivity contribution >= 4 is 17.5 Å². The van der Waals surface area contributed by atoms with Gasteiger partial charge in [0.05, 0.1) is 17.9 Å². The summed E-state index contributed by atoms with van der Waals surface area (Å²) in [6, 6.07) is 16.5. The lowest BCUT2D eigenvalue weighted by Gasteiger charge is -2.11. The Morgan fingerprint density at radius 1 is 0.926 bits per heavy atom. The van der Waals surface area contributed by atoms with E-state index in [1.807, 2.05) is 30.3 Å². The minimum absolute atomic E-state index is 0.147. The maximum atomic E-state index is 12.3. The minimum atomic E-state index is -0.214. The molecule has 2 aromatic rings. The average molecular weight is 370 g/mol. The molecule has 6 heteroatoms. The first kappa shape index (κ1) is 20.5. The molecule has 0 saturated carbocycles. The summed E-state index contributed by atoms with van der Waals surface area (Å²) in [4.78, 5) is 24.5. The van der Waals surface area contributed by atoms with Crippen molar-refractivity contribution in [2.75, 3.05) is 32.2 Å². The Kier molecular flexibility index (Phi) is 8.86. The van der Waals surface area contributed by atoms with E-state index in [1.54, 1.807) is 31.4 Å². The van der Waals surface area contributed by atoms with Gasteiger partial charge in [0.15, 0.2) is 0 Å². The first-order valence-corrected chi connectivity index (χ1v) is 9.04. The smallest absolute Gasteiger partial charge is 0.253 e. The number of benzene rings is 2. The van der Waals surface area contributed by atoms with Crippen LogP contribution in [0, 0.1) is 0 Å². The third kappa shape index (κ3) is 7.50. The van der Waals surface area contributed by atoms with Gasteiger partial charge in [-0.1, -0.05) is 30.3 Å². The van der Waals surface area contributed by atoms with E-state index in [2.05, 4.69) is 10.6 Å². The van der Waals surface area contributed by atoms with Crippen LogP contribution in [-0.4, -0.2) is 38.7 Å². The first-order chi connectivity index (χ1) is 13.2. The average Bonchev–Trinajstić information content (AvgIpc) is 2.70. The monoisotopic (exact) mass is 370 g/mol. The SMILES string of the molecule is COCCCNC(=O)c1ccccc1NC(=O)CCCOc1ccccc1. The second-order valence-electron chi connectivity index (χ2n) is 5.96. The number of ether oxygens (including phenoxy) is 2. The number of amides is 2. The van der Waals surface area contributed by atoms with Gasteiger partial charge in [-0.15, -0.1) is 0 Å². The summed E-state index contributed by atoms with van der Waals surface area (Å²) in [5.74, 6) is 0.425. The van der Waals surface area contributed by atoms with Crippen molar-refractivity contribution in [3.8, 4) is 5.75 Å². The van der Waals surface area contributed by atoms with Crippen molar-refractivity contribution in [2.24, 2.45) is 0 Å². The molecule has 0 aliphatic carbocycles. The number of carbonyl (C=O) groups excluding carboxylic acids is 2. The summed E-state index contributed by atoms with van der Waals surface area (Å²) in [6.45, 7) is 1.56. The molecule has 0 aliphatic heterocycles. The maximum absolute atomic E-state index is 12.3. The van der Waals surface area contributed by atoms with Crippen LogP contribution in [0.1, 0.15) is 29.6 Å². The number of nitrogens with one attached hydrogen (secondary N) is 2. The summed E-state index contributed by atoms with van der Waals surface area (Å²) < 4.78 is 10.5. The summed E-state index contributed by atoms with van der Waals surface area (Å²) in [5, 5.41) is 5.64. The summed E-state index contributed by atoms with van der Waals surface area (Å²) >= 11 is 0. The molecule has 0 spiro atoms. The van der Waals surface area contributed by atoms with Gasteiger partial charge in [0.25, 0.3) is 5.91 Å². The molecule has 0 heterocycles. The van der Waals surface area contributed by atoms with Crippen LogP contribution in [-0.2, 0) is 9.53 Å². The highest BCUT2D eigenvalue weighted by Crippen LogP contribution is 2.16. The predicted octanol–water partition coefficient (Wildman–Crippen LogP) is 3.25. The normalized spacial score (nSPS) is 10.3. The van der Waals surface area contributed by atoms with E-state index in [0.717, 1.165) is 12.2 Å². The zero-order valence-corrected chi connectivity index (χ0v) is 15.6. The number of rotatable bonds is 11. The van der Waals surface area contributed by atoms with Gasteiger partial charge in [-0.25, -0.2) is 0 Å². The Hall–Kier alpha value is -2.86. The van der Waals surface area contributed by atoms with Gasteiger partial charge in [0.2, 0.25) is 5.91 Å². The Labute approximate surface area is 159 Å². The largest absolute Gasteiger partial charge is 0.494 e. The highest BCUT2D eigenvalue weighted by molar-refractivity contribution is 6.03. The Morgan fingerprint density at radius 3 is 2.44 bits per heavy atom. The van der Waals surface area contributed by atoms with E-state index < -0.39 is 0 Å². The second-order valence-corrected chi connectivity index (χ2v) is 5.96. The van der Waals surface area contributed by atoms with E-state index >= 15 is 0 Å². The number of anilines is 1. The van der Waals surface area contributed by atoms with Crippen LogP contribution in [0.25, 0.3) is 0 Å². The maximum Gasteiger partial charge on any atom is 0.253 e. The fourth-order valence-electron chi connectivity index (χ4n) is 2.46. The molecule has 2 aromatic carbocycles. The number of methoxy groups -OCH3 is 1. The van der Waals surface area contributed by atoms with Gasteiger partial charge < -0.3 is 20.1 Å². The quantitative estimate of drug-likeness (QED) is 0.595. The minimum Gasteiger partial charge on any atom is -0.494 e. The molecular formula is C21H26N2O4. The van der Waals surface area contributed by atoms with E-state index in [-0.39, 0.29) is 11.8 Å². The van der Waals surface area contributed by atoms with Crippen molar-refractivity contribution in [3.63, 3.8) is 0 Å². The molecule has 2 rings (SSSR count). The van der Waals surface area contributed by atoms with Crippen molar-refractivity contribution < 1.29 is 19.1 Å². The number of hydrogen-bond acceptors (Lipinski definition) is 4. The zero-order valence-electron chi connectivity index (χ0n) is 15.6.